The molecule has 1 heterocycles. The number of benzene rings is 2. The first-order valence-corrected chi connectivity index (χ1v) is 9.37. The van der Waals surface area contributed by atoms with Gasteiger partial charge in [-0.15, -0.1) is 6.58 Å². The van der Waals surface area contributed by atoms with E-state index in [0.717, 1.165) is 10.5 Å². The molecule has 0 bridgehead atoms. The summed E-state index contributed by atoms with van der Waals surface area (Å²) >= 11 is 0. The molecule has 0 atom stereocenters. The Kier molecular flexibility index (Phi) is 4.83. The van der Waals surface area contributed by atoms with Gasteiger partial charge in [-0.05, 0) is 30.3 Å². The third-order valence-electron chi connectivity index (χ3n) is 4.01. The number of carboxylic acids is 1. The standard InChI is InChI=1S/C19H16N2O5S/c1-2-10-21(13-6-4-3-5-7-13)27(25,26)14-8-9-17-15(11-14)18(22)16(12-20-17)19(23)24/h2-9,11-12H,1,10H2,(H,20,22)(H,23,24). The van der Waals surface area contributed by atoms with Crippen LogP contribution in [-0.2, 0) is 10.0 Å². The largest absolute Gasteiger partial charge is 0.477 e. The van der Waals surface area contributed by atoms with Crippen LogP contribution in [0.3, 0.4) is 0 Å². The highest BCUT2D eigenvalue weighted by Gasteiger charge is 2.25. The van der Waals surface area contributed by atoms with Gasteiger partial charge < -0.3 is 10.1 Å². The maximum absolute atomic E-state index is 13.1. The minimum absolute atomic E-state index is 0.0115. The van der Waals surface area contributed by atoms with Gasteiger partial charge in [0, 0.05) is 17.1 Å². The van der Waals surface area contributed by atoms with Gasteiger partial charge in [0.1, 0.15) is 5.56 Å². The summed E-state index contributed by atoms with van der Waals surface area (Å²) in [5.41, 5.74) is -0.407. The van der Waals surface area contributed by atoms with Crippen molar-refractivity contribution >= 4 is 32.6 Å². The van der Waals surface area contributed by atoms with Crippen LogP contribution < -0.4 is 9.73 Å². The van der Waals surface area contributed by atoms with Crippen LogP contribution in [0.25, 0.3) is 10.9 Å². The van der Waals surface area contributed by atoms with Crippen LogP contribution in [0.2, 0.25) is 0 Å². The molecule has 7 nitrogen and oxygen atoms in total. The van der Waals surface area contributed by atoms with Crippen LogP contribution >= 0.6 is 0 Å². The van der Waals surface area contributed by atoms with Crippen molar-refractivity contribution in [3.05, 3.63) is 83.2 Å². The Bertz CT molecular complexity index is 1180. The van der Waals surface area contributed by atoms with Crippen LogP contribution in [0.4, 0.5) is 5.69 Å². The molecule has 0 aliphatic rings. The number of pyridine rings is 1. The van der Waals surface area contributed by atoms with Gasteiger partial charge in [0.05, 0.1) is 17.1 Å². The number of nitrogens with one attached hydrogen (secondary N) is 1. The molecular formula is C19H16N2O5S. The number of nitrogens with zero attached hydrogens (tertiary/aromatic N) is 1. The second-order valence-corrected chi connectivity index (χ2v) is 7.57. The molecule has 2 N–H and O–H groups in total. The maximum Gasteiger partial charge on any atom is 0.341 e. The molecular weight excluding hydrogens is 368 g/mol. The van der Waals surface area contributed by atoms with E-state index >= 15 is 0 Å². The van der Waals surface area contributed by atoms with Gasteiger partial charge in [0.2, 0.25) is 5.43 Å². The molecule has 138 valence electrons. The predicted octanol–water partition coefficient (Wildman–Crippen LogP) is 2.61. The minimum Gasteiger partial charge on any atom is -0.477 e. The van der Waals surface area contributed by atoms with E-state index < -0.39 is 27.0 Å². The summed E-state index contributed by atoms with van der Waals surface area (Å²) in [7, 11) is -4.00. The number of hydrogen-bond acceptors (Lipinski definition) is 4. The van der Waals surface area contributed by atoms with Crippen LogP contribution in [0.5, 0.6) is 0 Å². The van der Waals surface area contributed by atoms with Gasteiger partial charge >= 0.3 is 5.97 Å². The normalized spacial score (nSPS) is 11.3. The number of aromatic carboxylic acids is 1. The smallest absolute Gasteiger partial charge is 0.341 e. The lowest BCUT2D eigenvalue weighted by Crippen LogP contribution is -2.31. The van der Waals surface area contributed by atoms with Crippen molar-refractivity contribution < 1.29 is 18.3 Å². The Hall–Kier alpha value is -3.39. The van der Waals surface area contributed by atoms with Crippen LogP contribution in [-0.4, -0.2) is 31.0 Å². The van der Waals surface area contributed by atoms with Crippen LogP contribution in [0.15, 0.2) is 77.1 Å². The van der Waals surface area contributed by atoms with E-state index in [2.05, 4.69) is 11.6 Å². The second-order valence-electron chi connectivity index (χ2n) is 5.70. The van der Waals surface area contributed by atoms with Crippen molar-refractivity contribution in [2.24, 2.45) is 0 Å². The van der Waals surface area contributed by atoms with Gasteiger partial charge in [-0.2, -0.15) is 0 Å². The zero-order valence-electron chi connectivity index (χ0n) is 14.1. The number of carboxylic acid groups (broad SMARTS) is 1. The number of H-pyrrole nitrogens is 1. The second kappa shape index (κ2) is 7.08. The molecule has 0 fully saturated rings. The summed E-state index contributed by atoms with van der Waals surface area (Å²) < 4.78 is 27.5. The zero-order chi connectivity index (χ0) is 19.6. The average molecular weight is 384 g/mol. The van der Waals surface area contributed by atoms with Gasteiger partial charge in [-0.25, -0.2) is 13.2 Å². The number of rotatable bonds is 6. The number of anilines is 1. The number of carbonyl (C=O) groups is 1. The molecule has 27 heavy (non-hydrogen) atoms. The molecule has 1 aromatic heterocycles. The number of sulfonamides is 1. The number of hydrogen-bond donors (Lipinski definition) is 2. The van der Waals surface area contributed by atoms with E-state index in [4.69, 9.17) is 5.11 Å². The Morgan fingerprint density at radius 3 is 2.52 bits per heavy atom. The predicted molar refractivity (Wildman–Crippen MR) is 103 cm³/mol. The molecule has 0 aliphatic carbocycles. The Balaban J connectivity index is 2.20. The van der Waals surface area contributed by atoms with Gasteiger partial charge in [0.25, 0.3) is 10.0 Å². The maximum atomic E-state index is 13.1. The number of aromatic nitrogens is 1. The monoisotopic (exact) mass is 384 g/mol. The first-order chi connectivity index (χ1) is 12.9. The Morgan fingerprint density at radius 2 is 1.89 bits per heavy atom. The van der Waals surface area contributed by atoms with E-state index in [9.17, 15) is 18.0 Å². The summed E-state index contributed by atoms with van der Waals surface area (Å²) in [6.45, 7) is 3.64. The van der Waals surface area contributed by atoms with E-state index in [1.807, 2.05) is 0 Å². The summed E-state index contributed by atoms with van der Waals surface area (Å²) in [5, 5.41) is 9.09. The highest BCUT2D eigenvalue weighted by molar-refractivity contribution is 7.92. The third kappa shape index (κ3) is 3.34. The molecule has 0 saturated carbocycles. The zero-order valence-corrected chi connectivity index (χ0v) is 14.9. The third-order valence-corrected chi connectivity index (χ3v) is 5.80. The van der Waals surface area contributed by atoms with Crippen LogP contribution in [0, 0.1) is 0 Å². The molecule has 0 amide bonds. The number of fused-ring (bicyclic) bond motifs is 1. The molecule has 0 radical (unpaired) electrons. The van der Waals surface area contributed by atoms with Gasteiger partial charge in [-0.1, -0.05) is 24.3 Å². The molecule has 0 unspecified atom stereocenters. The molecule has 0 saturated heterocycles. The van der Waals surface area contributed by atoms with E-state index in [1.54, 1.807) is 30.3 Å². The fourth-order valence-electron chi connectivity index (χ4n) is 2.70. The first-order valence-electron chi connectivity index (χ1n) is 7.93. The highest BCUT2D eigenvalue weighted by Crippen LogP contribution is 2.25. The van der Waals surface area contributed by atoms with Crippen molar-refractivity contribution in [3.8, 4) is 0 Å². The van der Waals surface area contributed by atoms with E-state index in [1.165, 1.54) is 24.3 Å². The lowest BCUT2D eigenvalue weighted by atomic mass is 10.1. The van der Waals surface area contributed by atoms with Crippen molar-refractivity contribution in [3.63, 3.8) is 0 Å². The summed E-state index contributed by atoms with van der Waals surface area (Å²) in [5.74, 6) is -1.39. The van der Waals surface area contributed by atoms with E-state index in [0.29, 0.717) is 11.2 Å². The summed E-state index contributed by atoms with van der Waals surface area (Å²) in [6, 6.07) is 12.5. The summed E-state index contributed by atoms with van der Waals surface area (Å²) in [6.07, 6.45) is 2.55. The molecule has 3 aromatic rings. The molecule has 0 aliphatic heterocycles. The lowest BCUT2D eigenvalue weighted by molar-refractivity contribution is 0.0695. The number of aromatic amines is 1. The van der Waals surface area contributed by atoms with Crippen molar-refractivity contribution in [2.75, 3.05) is 10.8 Å². The summed E-state index contributed by atoms with van der Waals surface area (Å²) in [4.78, 5) is 26.1. The highest BCUT2D eigenvalue weighted by atomic mass is 32.2. The molecule has 2 aromatic carbocycles. The fourth-order valence-corrected chi connectivity index (χ4v) is 4.16. The lowest BCUT2D eigenvalue weighted by Gasteiger charge is -2.23. The Labute approximate surface area is 155 Å². The van der Waals surface area contributed by atoms with Crippen molar-refractivity contribution in [1.29, 1.82) is 0 Å². The Morgan fingerprint density at radius 1 is 1.19 bits per heavy atom. The minimum atomic E-state index is -4.00. The van der Waals surface area contributed by atoms with Gasteiger partial charge in [0.15, 0.2) is 0 Å². The quantitative estimate of drug-likeness (QED) is 0.635. The van der Waals surface area contributed by atoms with Gasteiger partial charge in [-0.3, -0.25) is 9.10 Å². The molecule has 3 rings (SSSR count). The fraction of sp³-hybridized carbons (Fsp3) is 0.0526. The molecule has 8 heteroatoms. The first kappa shape index (κ1) is 18.4. The number of para-hydroxylation sites is 1. The van der Waals surface area contributed by atoms with E-state index in [-0.39, 0.29) is 16.8 Å². The SMILES string of the molecule is C=CCN(c1ccccc1)S(=O)(=O)c1ccc2[nH]cc(C(=O)O)c(=O)c2c1. The average Bonchev–Trinajstić information content (AvgIpc) is 2.66. The van der Waals surface area contributed by atoms with Crippen LogP contribution in [0.1, 0.15) is 10.4 Å². The van der Waals surface area contributed by atoms with Crippen molar-refractivity contribution in [2.45, 2.75) is 4.90 Å². The van der Waals surface area contributed by atoms with Crippen molar-refractivity contribution in [1.82, 2.24) is 4.98 Å². The molecule has 0 spiro atoms. The topological polar surface area (TPSA) is 108 Å².